The van der Waals surface area contributed by atoms with Crippen LogP contribution in [0.4, 0.5) is 11.6 Å². The number of H-pyrrole nitrogens is 1. The van der Waals surface area contributed by atoms with Crippen LogP contribution in [0.2, 0.25) is 0 Å². The monoisotopic (exact) mass is 415 g/mol. The van der Waals surface area contributed by atoms with Gasteiger partial charge >= 0.3 is 0 Å². The number of hydrogen-bond donors (Lipinski definition) is 1. The Morgan fingerprint density at radius 3 is 2.70 bits per heavy atom. The lowest BCUT2D eigenvalue weighted by atomic mass is 10.1. The van der Waals surface area contributed by atoms with Gasteiger partial charge in [-0.15, -0.1) is 0 Å². The van der Waals surface area contributed by atoms with Crippen molar-refractivity contribution in [2.45, 2.75) is 32.7 Å². The molecule has 2 aromatic heterocycles. The quantitative estimate of drug-likeness (QED) is 0.500. The van der Waals surface area contributed by atoms with Gasteiger partial charge in [0.1, 0.15) is 16.4 Å². The molecule has 0 saturated carbocycles. The number of aromatic amines is 1. The van der Waals surface area contributed by atoms with Gasteiger partial charge in [0.05, 0.1) is 0 Å². The molecule has 0 unspecified atom stereocenters. The maximum atomic E-state index is 13.0. The molecule has 0 saturated heterocycles. The second-order valence-electron chi connectivity index (χ2n) is 7.58. The highest BCUT2D eigenvalue weighted by Gasteiger charge is 2.29. The highest BCUT2D eigenvalue weighted by molar-refractivity contribution is 7.71. The predicted molar refractivity (Wildman–Crippen MR) is 121 cm³/mol. The third-order valence-corrected chi connectivity index (χ3v) is 6.07. The first-order valence-corrected chi connectivity index (χ1v) is 10.5. The van der Waals surface area contributed by atoms with Crippen molar-refractivity contribution in [3.63, 3.8) is 0 Å². The number of para-hydroxylation sites is 1. The molecule has 2 aromatic carbocycles. The highest BCUT2D eigenvalue weighted by atomic mass is 32.1. The van der Waals surface area contributed by atoms with Crippen LogP contribution in [0, 0.1) is 4.64 Å². The zero-order chi connectivity index (χ0) is 20.8. The molecule has 150 valence electrons. The number of anilines is 2. The van der Waals surface area contributed by atoms with E-state index < -0.39 is 0 Å². The summed E-state index contributed by atoms with van der Waals surface area (Å²) in [7, 11) is 0. The van der Waals surface area contributed by atoms with E-state index >= 15 is 0 Å². The minimum absolute atomic E-state index is 0.191. The molecule has 0 aliphatic carbocycles. The van der Waals surface area contributed by atoms with E-state index in [-0.39, 0.29) is 11.6 Å². The summed E-state index contributed by atoms with van der Waals surface area (Å²) in [4.78, 5) is 27.2. The third-order valence-electron chi connectivity index (χ3n) is 5.67. The molecule has 0 amide bonds. The molecule has 4 aromatic rings. The molecule has 1 aliphatic heterocycles. The zero-order valence-electron chi connectivity index (χ0n) is 16.8. The molecule has 0 radical (unpaired) electrons. The molecule has 1 atom stereocenters. The number of rotatable bonds is 3. The summed E-state index contributed by atoms with van der Waals surface area (Å²) in [6, 6.07) is 16.5. The van der Waals surface area contributed by atoms with Gasteiger partial charge < -0.3 is 4.90 Å². The van der Waals surface area contributed by atoms with Gasteiger partial charge in [0.15, 0.2) is 5.65 Å². The molecule has 0 fully saturated rings. The molecule has 1 N–H and O–H groups in total. The number of fused-ring (bicyclic) bond motifs is 2. The third kappa shape index (κ3) is 2.93. The van der Waals surface area contributed by atoms with Crippen molar-refractivity contribution in [3.8, 4) is 5.69 Å². The first-order chi connectivity index (χ1) is 14.6. The fraction of sp³-hybridized carbons (Fsp3) is 0.217. The van der Waals surface area contributed by atoms with Crippen molar-refractivity contribution in [2.24, 2.45) is 0 Å². The number of aryl methyl sites for hydroxylation is 1. The maximum Gasteiger partial charge on any atom is 0.264 e. The summed E-state index contributed by atoms with van der Waals surface area (Å²) in [6.07, 6.45) is 3.51. The second-order valence-corrected chi connectivity index (χ2v) is 7.97. The minimum Gasteiger partial charge on any atom is -0.309 e. The van der Waals surface area contributed by atoms with Gasteiger partial charge in [-0.3, -0.25) is 14.3 Å². The number of benzene rings is 2. The van der Waals surface area contributed by atoms with Crippen molar-refractivity contribution in [2.75, 3.05) is 4.90 Å². The van der Waals surface area contributed by atoms with Crippen molar-refractivity contribution in [3.05, 3.63) is 81.0 Å². The standard InChI is InChI=1S/C23H21N5OS/c1-3-15-8-10-17(11-9-15)27-13-24-20-19(22(27)30)21(29)26-23(25-20)28-14(2)12-16-6-4-5-7-18(16)28/h4-11,13-14H,3,12H2,1-2H3,(H,25,26,29)/t14-/m1/s1. The normalized spacial score (nSPS) is 15.5. The van der Waals surface area contributed by atoms with Gasteiger partial charge in [-0.1, -0.05) is 49.5 Å². The SMILES string of the molecule is CCc1ccc(-n2cnc3nc(N4c5ccccc5C[C@H]4C)[nH]c(=O)c3c2=S)cc1. The lowest BCUT2D eigenvalue weighted by molar-refractivity contribution is 0.739. The molecule has 3 heterocycles. The Bertz CT molecular complexity index is 1370. The van der Waals surface area contributed by atoms with Gasteiger partial charge in [-0.25, -0.2) is 4.98 Å². The van der Waals surface area contributed by atoms with Gasteiger partial charge in [-0.05, 0) is 49.1 Å². The minimum atomic E-state index is -0.274. The average Bonchev–Trinajstić information content (AvgIpc) is 3.09. The van der Waals surface area contributed by atoms with Crippen LogP contribution >= 0.6 is 12.2 Å². The van der Waals surface area contributed by atoms with Crippen LogP contribution in [0.5, 0.6) is 0 Å². The Hall–Kier alpha value is -3.32. The number of nitrogens with one attached hydrogen (secondary N) is 1. The summed E-state index contributed by atoms with van der Waals surface area (Å²) in [5.74, 6) is 0.497. The second kappa shape index (κ2) is 7.18. The molecular weight excluding hydrogens is 394 g/mol. The first kappa shape index (κ1) is 18.7. The lowest BCUT2D eigenvalue weighted by Crippen LogP contribution is -2.28. The highest BCUT2D eigenvalue weighted by Crippen LogP contribution is 2.36. The van der Waals surface area contributed by atoms with Crippen molar-refractivity contribution in [1.82, 2.24) is 19.5 Å². The average molecular weight is 416 g/mol. The van der Waals surface area contributed by atoms with Crippen molar-refractivity contribution >= 4 is 34.9 Å². The van der Waals surface area contributed by atoms with Crippen molar-refractivity contribution in [1.29, 1.82) is 0 Å². The molecule has 7 heteroatoms. The zero-order valence-corrected chi connectivity index (χ0v) is 17.6. The molecule has 5 rings (SSSR count). The molecule has 0 bridgehead atoms. The summed E-state index contributed by atoms with van der Waals surface area (Å²) in [6.45, 7) is 4.23. The van der Waals surface area contributed by atoms with Crippen molar-refractivity contribution < 1.29 is 0 Å². The van der Waals surface area contributed by atoms with Gasteiger partial charge in [0.25, 0.3) is 5.56 Å². The van der Waals surface area contributed by atoms with E-state index in [4.69, 9.17) is 12.2 Å². The molecular formula is C23H21N5OS. The van der Waals surface area contributed by atoms with E-state index in [0.717, 1.165) is 24.2 Å². The van der Waals surface area contributed by atoms with Gasteiger partial charge in [-0.2, -0.15) is 4.98 Å². The van der Waals surface area contributed by atoms with Crippen LogP contribution in [0.3, 0.4) is 0 Å². The van der Waals surface area contributed by atoms with E-state index in [2.05, 4.69) is 51.9 Å². The molecule has 30 heavy (non-hydrogen) atoms. The topological polar surface area (TPSA) is 66.8 Å². The Morgan fingerprint density at radius 1 is 1.17 bits per heavy atom. The summed E-state index contributed by atoms with van der Waals surface area (Å²) < 4.78 is 2.15. The van der Waals surface area contributed by atoms with E-state index in [1.165, 1.54) is 11.1 Å². The Kier molecular flexibility index (Phi) is 4.47. The number of aromatic nitrogens is 4. The van der Waals surface area contributed by atoms with Crippen LogP contribution in [0.15, 0.2) is 59.7 Å². The summed E-state index contributed by atoms with van der Waals surface area (Å²) >= 11 is 5.64. The first-order valence-electron chi connectivity index (χ1n) is 10.0. The predicted octanol–water partition coefficient (Wildman–Crippen LogP) is 4.48. The fourth-order valence-electron chi connectivity index (χ4n) is 4.10. The summed E-state index contributed by atoms with van der Waals surface area (Å²) in [5, 5.41) is 0.330. The van der Waals surface area contributed by atoms with E-state index in [9.17, 15) is 4.79 Å². The van der Waals surface area contributed by atoms with Crippen LogP contribution < -0.4 is 10.5 Å². The van der Waals surface area contributed by atoms with Crippen LogP contribution in [-0.4, -0.2) is 25.6 Å². The summed E-state index contributed by atoms with van der Waals surface area (Å²) in [5.41, 5.74) is 4.50. The van der Waals surface area contributed by atoms with E-state index in [1.54, 1.807) is 10.9 Å². The van der Waals surface area contributed by atoms with Crippen LogP contribution in [0.1, 0.15) is 25.0 Å². The largest absolute Gasteiger partial charge is 0.309 e. The maximum absolute atomic E-state index is 13.0. The van der Waals surface area contributed by atoms with Gasteiger partial charge in [0.2, 0.25) is 5.95 Å². The Balaban J connectivity index is 1.64. The molecule has 6 nitrogen and oxygen atoms in total. The van der Waals surface area contributed by atoms with Crippen LogP contribution in [0.25, 0.3) is 16.7 Å². The van der Waals surface area contributed by atoms with Gasteiger partial charge in [0, 0.05) is 17.4 Å². The lowest BCUT2D eigenvalue weighted by Gasteiger charge is -2.23. The fourth-order valence-corrected chi connectivity index (χ4v) is 4.44. The Morgan fingerprint density at radius 2 is 1.93 bits per heavy atom. The number of hydrogen-bond acceptors (Lipinski definition) is 5. The number of nitrogens with zero attached hydrogens (tertiary/aromatic N) is 4. The molecule has 1 aliphatic rings. The van der Waals surface area contributed by atoms with E-state index in [0.29, 0.717) is 21.6 Å². The van der Waals surface area contributed by atoms with Crippen LogP contribution in [-0.2, 0) is 12.8 Å². The Labute approximate surface area is 178 Å². The molecule has 0 spiro atoms. The van der Waals surface area contributed by atoms with E-state index in [1.807, 2.05) is 30.3 Å². The smallest absolute Gasteiger partial charge is 0.264 e.